The summed E-state index contributed by atoms with van der Waals surface area (Å²) in [6, 6.07) is 2.87. The van der Waals surface area contributed by atoms with Crippen molar-refractivity contribution in [3.05, 3.63) is 23.8 Å². The fourth-order valence-corrected chi connectivity index (χ4v) is 1.47. The number of hydrogen-bond acceptors (Lipinski definition) is 3. The zero-order valence-corrected chi connectivity index (χ0v) is 10.7. The molecule has 0 aromatic heterocycles. The van der Waals surface area contributed by atoms with Crippen molar-refractivity contribution in [2.75, 3.05) is 11.9 Å². The number of para-hydroxylation sites is 1. The van der Waals surface area contributed by atoms with Crippen LogP contribution in [0.1, 0.15) is 23.2 Å². The first-order valence-electron chi connectivity index (χ1n) is 5.87. The van der Waals surface area contributed by atoms with Gasteiger partial charge in [-0.1, -0.05) is 6.07 Å². The third-order valence-electron chi connectivity index (χ3n) is 2.44. The number of phenols is 1. The maximum atomic E-state index is 11.9. The second-order valence-corrected chi connectivity index (χ2v) is 4.11. The van der Waals surface area contributed by atoms with Crippen LogP contribution in [-0.4, -0.2) is 34.9 Å². The molecular weight excluding hydrogens is 293 g/mol. The molecule has 0 unspecified atom stereocenters. The molecule has 0 radical (unpaired) electrons. The van der Waals surface area contributed by atoms with E-state index >= 15 is 0 Å². The molecule has 1 aromatic carbocycles. The zero-order chi connectivity index (χ0) is 16.0. The van der Waals surface area contributed by atoms with Crippen LogP contribution in [-0.2, 0) is 0 Å². The van der Waals surface area contributed by atoms with Gasteiger partial charge in [0.15, 0.2) is 5.75 Å². The molecule has 21 heavy (non-hydrogen) atoms. The standard InChI is InChI=1S/C12H13F3N2O4/c13-12(14,15)5-2-6-16-11(21)17-8-4-1-3-7(9(8)18)10(19)20/h1,3-4,18H,2,5-6H2,(H,19,20)(H2,16,17,21). The van der Waals surface area contributed by atoms with Crippen molar-refractivity contribution in [3.8, 4) is 5.75 Å². The van der Waals surface area contributed by atoms with Gasteiger partial charge in [-0.2, -0.15) is 13.2 Å². The summed E-state index contributed by atoms with van der Waals surface area (Å²) in [5.74, 6) is -2.00. The number of nitrogens with one attached hydrogen (secondary N) is 2. The van der Waals surface area contributed by atoms with Crippen molar-refractivity contribution >= 4 is 17.7 Å². The SMILES string of the molecule is O=C(NCCCC(F)(F)F)Nc1cccc(C(=O)O)c1O. The predicted molar refractivity (Wildman–Crippen MR) is 67.4 cm³/mol. The summed E-state index contributed by atoms with van der Waals surface area (Å²) in [7, 11) is 0. The average molecular weight is 306 g/mol. The number of urea groups is 1. The minimum atomic E-state index is -4.29. The lowest BCUT2D eigenvalue weighted by atomic mass is 10.1. The first kappa shape index (κ1) is 16.6. The number of alkyl halides is 3. The van der Waals surface area contributed by atoms with Crippen LogP contribution in [0.4, 0.5) is 23.7 Å². The van der Waals surface area contributed by atoms with Crippen molar-refractivity contribution in [2.24, 2.45) is 0 Å². The van der Waals surface area contributed by atoms with E-state index in [2.05, 4.69) is 10.6 Å². The Morgan fingerprint density at radius 1 is 1.24 bits per heavy atom. The predicted octanol–water partition coefficient (Wildman–Crippen LogP) is 2.55. The van der Waals surface area contributed by atoms with Gasteiger partial charge in [-0.25, -0.2) is 9.59 Å². The van der Waals surface area contributed by atoms with Crippen LogP contribution in [0.2, 0.25) is 0 Å². The Hall–Kier alpha value is -2.45. The first-order chi connectivity index (χ1) is 9.70. The van der Waals surface area contributed by atoms with Gasteiger partial charge < -0.3 is 20.8 Å². The molecule has 1 aromatic rings. The van der Waals surface area contributed by atoms with Crippen LogP contribution in [0.3, 0.4) is 0 Å². The van der Waals surface area contributed by atoms with Gasteiger partial charge in [0.1, 0.15) is 5.56 Å². The number of carbonyl (C=O) groups excluding carboxylic acids is 1. The van der Waals surface area contributed by atoms with E-state index < -0.39 is 35.9 Å². The van der Waals surface area contributed by atoms with Crippen LogP contribution in [0, 0.1) is 0 Å². The van der Waals surface area contributed by atoms with E-state index in [1.807, 2.05) is 0 Å². The molecule has 1 rings (SSSR count). The molecule has 2 amide bonds. The minimum Gasteiger partial charge on any atom is -0.505 e. The molecule has 0 aliphatic heterocycles. The third-order valence-corrected chi connectivity index (χ3v) is 2.44. The molecule has 9 heteroatoms. The molecule has 0 aliphatic rings. The molecule has 4 N–H and O–H groups in total. The van der Waals surface area contributed by atoms with E-state index in [-0.39, 0.29) is 18.7 Å². The molecule has 0 heterocycles. The van der Waals surface area contributed by atoms with Gasteiger partial charge in [0.25, 0.3) is 0 Å². The summed E-state index contributed by atoms with van der Waals surface area (Å²) < 4.78 is 35.6. The molecule has 6 nitrogen and oxygen atoms in total. The van der Waals surface area contributed by atoms with E-state index in [0.29, 0.717) is 0 Å². The lowest BCUT2D eigenvalue weighted by Gasteiger charge is -2.11. The normalized spacial score (nSPS) is 11.0. The van der Waals surface area contributed by atoms with E-state index in [9.17, 15) is 27.9 Å². The topological polar surface area (TPSA) is 98.7 Å². The number of carbonyl (C=O) groups is 2. The number of amides is 2. The Kier molecular flexibility index (Phi) is 5.39. The van der Waals surface area contributed by atoms with Crippen LogP contribution < -0.4 is 10.6 Å². The van der Waals surface area contributed by atoms with E-state index in [1.54, 1.807) is 0 Å². The van der Waals surface area contributed by atoms with Crippen LogP contribution >= 0.6 is 0 Å². The lowest BCUT2D eigenvalue weighted by Crippen LogP contribution is -2.30. The van der Waals surface area contributed by atoms with E-state index in [1.165, 1.54) is 12.1 Å². The maximum Gasteiger partial charge on any atom is 0.389 e. The number of carboxylic acids is 1. The Balaban J connectivity index is 2.52. The van der Waals surface area contributed by atoms with Gasteiger partial charge in [0.2, 0.25) is 0 Å². The van der Waals surface area contributed by atoms with Crippen LogP contribution in [0.25, 0.3) is 0 Å². The number of halogens is 3. The van der Waals surface area contributed by atoms with Crippen molar-refractivity contribution < 1.29 is 33.0 Å². The van der Waals surface area contributed by atoms with Crippen LogP contribution in [0.15, 0.2) is 18.2 Å². The largest absolute Gasteiger partial charge is 0.505 e. The Morgan fingerprint density at radius 3 is 2.48 bits per heavy atom. The highest BCUT2D eigenvalue weighted by molar-refractivity contribution is 5.97. The summed E-state index contributed by atoms with van der Waals surface area (Å²) in [4.78, 5) is 22.2. The number of aromatic hydroxyl groups is 1. The molecular formula is C12H13F3N2O4. The second kappa shape index (κ2) is 6.82. The summed E-state index contributed by atoms with van der Waals surface area (Å²) in [6.07, 6.45) is -5.59. The van der Waals surface area contributed by atoms with Gasteiger partial charge in [-0.3, -0.25) is 0 Å². The van der Waals surface area contributed by atoms with Gasteiger partial charge >= 0.3 is 18.2 Å². The monoisotopic (exact) mass is 306 g/mol. The highest BCUT2D eigenvalue weighted by atomic mass is 19.4. The van der Waals surface area contributed by atoms with E-state index in [0.717, 1.165) is 6.07 Å². The number of rotatable bonds is 5. The van der Waals surface area contributed by atoms with Gasteiger partial charge in [-0.05, 0) is 18.6 Å². The fourth-order valence-electron chi connectivity index (χ4n) is 1.47. The number of aromatic carboxylic acids is 1. The Morgan fingerprint density at radius 2 is 1.90 bits per heavy atom. The van der Waals surface area contributed by atoms with Gasteiger partial charge in [-0.15, -0.1) is 0 Å². The summed E-state index contributed by atoms with van der Waals surface area (Å²) >= 11 is 0. The van der Waals surface area contributed by atoms with Gasteiger partial charge in [0, 0.05) is 13.0 Å². The molecule has 0 saturated heterocycles. The van der Waals surface area contributed by atoms with Crippen molar-refractivity contribution in [1.29, 1.82) is 0 Å². The second-order valence-electron chi connectivity index (χ2n) is 4.11. The number of carboxylic acid groups (broad SMARTS) is 1. The molecule has 0 fully saturated rings. The molecule has 0 aliphatic carbocycles. The first-order valence-corrected chi connectivity index (χ1v) is 5.87. The Labute approximate surface area is 117 Å². The fraction of sp³-hybridized carbons (Fsp3) is 0.333. The number of anilines is 1. The average Bonchev–Trinajstić information content (AvgIpc) is 2.36. The smallest absolute Gasteiger partial charge is 0.389 e. The quantitative estimate of drug-likeness (QED) is 0.496. The van der Waals surface area contributed by atoms with Crippen molar-refractivity contribution in [2.45, 2.75) is 19.0 Å². The maximum absolute atomic E-state index is 11.9. The summed E-state index contributed by atoms with van der Waals surface area (Å²) in [5.41, 5.74) is -0.548. The molecule has 0 spiro atoms. The van der Waals surface area contributed by atoms with Gasteiger partial charge in [0.05, 0.1) is 5.69 Å². The van der Waals surface area contributed by atoms with Crippen molar-refractivity contribution in [1.82, 2.24) is 5.32 Å². The summed E-state index contributed by atoms with van der Waals surface area (Å²) in [6.45, 7) is -0.204. The minimum absolute atomic E-state index is 0.150. The zero-order valence-electron chi connectivity index (χ0n) is 10.7. The number of benzene rings is 1. The van der Waals surface area contributed by atoms with Crippen molar-refractivity contribution in [3.63, 3.8) is 0 Å². The van der Waals surface area contributed by atoms with E-state index in [4.69, 9.17) is 5.11 Å². The van der Waals surface area contributed by atoms with Crippen LogP contribution in [0.5, 0.6) is 5.75 Å². The lowest BCUT2D eigenvalue weighted by molar-refractivity contribution is -0.135. The highest BCUT2D eigenvalue weighted by Crippen LogP contribution is 2.27. The summed E-state index contributed by atoms with van der Waals surface area (Å²) in [5, 5.41) is 22.7. The molecule has 0 atom stereocenters. The molecule has 0 saturated carbocycles. The third kappa shape index (κ3) is 5.59. The molecule has 0 bridgehead atoms. The number of hydrogen-bond donors (Lipinski definition) is 4. The highest BCUT2D eigenvalue weighted by Gasteiger charge is 2.26. The Bertz CT molecular complexity index is 532. The molecule has 116 valence electrons.